The molecule has 182 valence electrons. The second kappa shape index (κ2) is 9.12. The van der Waals surface area contributed by atoms with Crippen LogP contribution in [0.25, 0.3) is 0 Å². The number of Topliss-reactive ketones (excluding diaryl/α,β-unsaturated/α-hetero) is 1. The first-order chi connectivity index (χ1) is 16.1. The van der Waals surface area contributed by atoms with Gasteiger partial charge in [0.15, 0.2) is 17.3 Å². The van der Waals surface area contributed by atoms with Gasteiger partial charge in [0.05, 0.1) is 29.1 Å². The summed E-state index contributed by atoms with van der Waals surface area (Å²) in [5.74, 6) is -1.05. The number of ether oxygens (including phenoxy) is 3. The number of nitrogens with one attached hydrogen (secondary N) is 1. The number of nitro groups is 1. The molecular formula is C25H30N2O7. The fourth-order valence-corrected chi connectivity index (χ4v) is 4.95. The number of benzene rings is 1. The van der Waals surface area contributed by atoms with Crippen molar-refractivity contribution in [3.63, 3.8) is 0 Å². The number of rotatable bonds is 7. The molecule has 0 radical (unpaired) electrons. The van der Waals surface area contributed by atoms with Gasteiger partial charge in [0.25, 0.3) is 5.69 Å². The normalized spacial score (nSPS) is 20.7. The highest BCUT2D eigenvalue weighted by Crippen LogP contribution is 2.50. The Bertz CT molecular complexity index is 1120. The Hall–Kier alpha value is -3.36. The van der Waals surface area contributed by atoms with Crippen molar-refractivity contribution >= 4 is 17.4 Å². The van der Waals surface area contributed by atoms with Crippen molar-refractivity contribution in [3.05, 3.63) is 50.4 Å². The Kier molecular flexibility index (Phi) is 6.38. The first kappa shape index (κ1) is 23.8. The van der Waals surface area contributed by atoms with Gasteiger partial charge < -0.3 is 19.5 Å². The van der Waals surface area contributed by atoms with Crippen LogP contribution in [0.4, 0.5) is 5.69 Å². The Morgan fingerprint density at radius 1 is 1.24 bits per heavy atom. The van der Waals surface area contributed by atoms with E-state index in [2.05, 4.69) is 12.2 Å². The van der Waals surface area contributed by atoms with Gasteiger partial charge in [0, 0.05) is 29.0 Å². The highest BCUT2D eigenvalue weighted by molar-refractivity contribution is 6.04. The molecule has 1 N–H and O–H groups in total. The van der Waals surface area contributed by atoms with Crippen LogP contribution in [-0.4, -0.2) is 30.1 Å². The molecule has 3 aliphatic rings. The third-order valence-corrected chi connectivity index (χ3v) is 6.47. The second-order valence-electron chi connectivity index (χ2n) is 9.79. The van der Waals surface area contributed by atoms with Crippen molar-refractivity contribution in [2.45, 2.75) is 65.7 Å². The van der Waals surface area contributed by atoms with Gasteiger partial charge in [-0.2, -0.15) is 0 Å². The van der Waals surface area contributed by atoms with Crippen LogP contribution in [0.3, 0.4) is 0 Å². The average molecular weight is 471 g/mol. The molecule has 9 nitrogen and oxygen atoms in total. The Labute approximate surface area is 198 Å². The zero-order valence-corrected chi connectivity index (χ0v) is 20.0. The molecule has 9 heteroatoms. The standard InChI is InChI=1S/C25H30N2O7/c1-5-6-7-8-32-24(29)21-14(2)26-16-11-25(3,4)12-18(28)23(16)22(21)15-9-19-20(34-13-33-19)10-17(15)27(30)31/h9-10,22,26H,5-8,11-13H2,1-4H3. The molecule has 34 heavy (non-hydrogen) atoms. The van der Waals surface area contributed by atoms with Crippen LogP contribution >= 0.6 is 0 Å². The van der Waals surface area contributed by atoms with Gasteiger partial charge in [-0.15, -0.1) is 0 Å². The fourth-order valence-electron chi connectivity index (χ4n) is 4.95. The molecule has 0 saturated carbocycles. The molecular weight excluding hydrogens is 440 g/mol. The lowest BCUT2D eigenvalue weighted by Gasteiger charge is -2.39. The molecule has 1 atom stereocenters. The molecule has 0 fully saturated rings. The molecule has 0 spiro atoms. The quantitative estimate of drug-likeness (QED) is 0.265. The van der Waals surface area contributed by atoms with Crippen LogP contribution in [-0.2, 0) is 14.3 Å². The molecule has 4 rings (SSSR count). The minimum absolute atomic E-state index is 0.0512. The third-order valence-electron chi connectivity index (χ3n) is 6.47. The number of unbranched alkanes of at least 4 members (excludes halogenated alkanes) is 2. The molecule has 1 aromatic rings. The van der Waals surface area contributed by atoms with Gasteiger partial charge in [0.1, 0.15) is 0 Å². The van der Waals surface area contributed by atoms with Crippen molar-refractivity contribution in [3.8, 4) is 11.5 Å². The van der Waals surface area contributed by atoms with Crippen LogP contribution in [0.1, 0.15) is 71.3 Å². The van der Waals surface area contributed by atoms with Crippen molar-refractivity contribution in [1.29, 1.82) is 0 Å². The van der Waals surface area contributed by atoms with E-state index in [1.807, 2.05) is 13.8 Å². The lowest BCUT2D eigenvalue weighted by Crippen LogP contribution is -2.38. The van der Waals surface area contributed by atoms with Crippen LogP contribution in [0.2, 0.25) is 0 Å². The summed E-state index contributed by atoms with van der Waals surface area (Å²) in [5.41, 5.74) is 1.53. The molecule has 0 bridgehead atoms. The Balaban J connectivity index is 1.86. The van der Waals surface area contributed by atoms with Crippen LogP contribution in [0.5, 0.6) is 11.5 Å². The predicted octanol–water partition coefficient (Wildman–Crippen LogP) is 4.66. The van der Waals surface area contributed by atoms with E-state index in [1.165, 1.54) is 12.1 Å². The maximum absolute atomic E-state index is 13.4. The largest absolute Gasteiger partial charge is 0.462 e. The zero-order valence-electron chi connectivity index (χ0n) is 20.0. The number of ketones is 1. The van der Waals surface area contributed by atoms with Crippen LogP contribution in [0.15, 0.2) is 34.7 Å². The number of carbonyl (C=O) groups excluding carboxylic acids is 2. The van der Waals surface area contributed by atoms with Gasteiger partial charge in [-0.05, 0) is 31.2 Å². The summed E-state index contributed by atoms with van der Waals surface area (Å²) in [4.78, 5) is 38.3. The lowest BCUT2D eigenvalue weighted by atomic mass is 9.68. The maximum Gasteiger partial charge on any atom is 0.336 e. The molecule has 2 aliphatic heterocycles. The van der Waals surface area contributed by atoms with Gasteiger partial charge in [-0.3, -0.25) is 14.9 Å². The third kappa shape index (κ3) is 4.38. The highest BCUT2D eigenvalue weighted by atomic mass is 16.7. The molecule has 0 aromatic heterocycles. The number of nitrogens with zero attached hydrogens (tertiary/aromatic N) is 1. The van der Waals surface area contributed by atoms with Crippen molar-refractivity contribution < 1.29 is 28.7 Å². The summed E-state index contributed by atoms with van der Waals surface area (Å²) < 4.78 is 16.4. The summed E-state index contributed by atoms with van der Waals surface area (Å²) in [6.45, 7) is 8.00. The number of hydrogen-bond acceptors (Lipinski definition) is 8. The first-order valence-corrected chi connectivity index (χ1v) is 11.6. The topological polar surface area (TPSA) is 117 Å². The number of esters is 1. The summed E-state index contributed by atoms with van der Waals surface area (Å²) >= 11 is 0. The Morgan fingerprint density at radius 3 is 2.62 bits per heavy atom. The minimum atomic E-state index is -0.937. The van der Waals surface area contributed by atoms with E-state index in [0.29, 0.717) is 29.1 Å². The number of fused-ring (bicyclic) bond motifs is 1. The molecule has 2 heterocycles. The molecule has 1 unspecified atom stereocenters. The van der Waals surface area contributed by atoms with E-state index in [-0.39, 0.29) is 53.6 Å². The van der Waals surface area contributed by atoms with E-state index in [1.54, 1.807) is 6.92 Å². The first-order valence-electron chi connectivity index (χ1n) is 11.6. The summed E-state index contributed by atoms with van der Waals surface area (Å²) in [5, 5.41) is 15.3. The van der Waals surface area contributed by atoms with Crippen LogP contribution < -0.4 is 14.8 Å². The van der Waals surface area contributed by atoms with E-state index >= 15 is 0 Å². The number of dihydropyridines is 1. The van der Waals surface area contributed by atoms with Crippen molar-refractivity contribution in [2.75, 3.05) is 13.4 Å². The maximum atomic E-state index is 13.4. The Morgan fingerprint density at radius 2 is 1.94 bits per heavy atom. The fraction of sp³-hybridized carbons (Fsp3) is 0.520. The summed E-state index contributed by atoms with van der Waals surface area (Å²) in [7, 11) is 0. The van der Waals surface area contributed by atoms with E-state index < -0.39 is 16.8 Å². The lowest BCUT2D eigenvalue weighted by molar-refractivity contribution is -0.385. The second-order valence-corrected chi connectivity index (χ2v) is 9.79. The SMILES string of the molecule is CCCCCOC(=O)C1=C(C)NC2=C(C(=O)CC(C)(C)C2)C1c1cc2c(cc1[N+](=O)[O-])OCO2. The predicted molar refractivity (Wildman–Crippen MR) is 123 cm³/mol. The van der Waals surface area contributed by atoms with Crippen molar-refractivity contribution in [1.82, 2.24) is 5.32 Å². The minimum Gasteiger partial charge on any atom is -0.462 e. The number of hydrogen-bond donors (Lipinski definition) is 1. The number of nitro benzene ring substituents is 1. The van der Waals surface area contributed by atoms with E-state index in [4.69, 9.17) is 14.2 Å². The zero-order chi connectivity index (χ0) is 24.6. The smallest absolute Gasteiger partial charge is 0.336 e. The van der Waals surface area contributed by atoms with Gasteiger partial charge in [-0.1, -0.05) is 33.6 Å². The van der Waals surface area contributed by atoms with Gasteiger partial charge >= 0.3 is 5.97 Å². The van der Waals surface area contributed by atoms with Gasteiger partial charge in [-0.25, -0.2) is 4.79 Å². The molecule has 0 amide bonds. The molecule has 1 aromatic carbocycles. The monoisotopic (exact) mass is 470 g/mol. The highest BCUT2D eigenvalue weighted by Gasteiger charge is 2.45. The van der Waals surface area contributed by atoms with E-state index in [0.717, 1.165) is 19.3 Å². The molecule has 1 aliphatic carbocycles. The number of allylic oxidation sites excluding steroid dienone is 3. The molecule has 0 saturated heterocycles. The van der Waals surface area contributed by atoms with Gasteiger partial charge in [0.2, 0.25) is 6.79 Å². The number of carbonyl (C=O) groups is 2. The summed E-state index contributed by atoms with van der Waals surface area (Å²) in [6, 6.07) is 2.82. The average Bonchev–Trinajstić information content (AvgIpc) is 3.21. The van der Waals surface area contributed by atoms with E-state index in [9.17, 15) is 19.7 Å². The van der Waals surface area contributed by atoms with Crippen molar-refractivity contribution in [2.24, 2.45) is 5.41 Å². The summed E-state index contributed by atoms with van der Waals surface area (Å²) in [6.07, 6.45) is 3.48. The van der Waals surface area contributed by atoms with Crippen LogP contribution in [0, 0.1) is 15.5 Å².